The topological polar surface area (TPSA) is 94.3 Å². The molecule has 1 aromatic heterocycles. The minimum absolute atomic E-state index is 0. The van der Waals surface area contributed by atoms with E-state index >= 15 is 0 Å². The minimum atomic E-state index is -1.02. The average molecular weight is 538 g/mol. The number of hydrogen-bond acceptors (Lipinski definition) is 5. The minimum Gasteiger partial charge on any atom is -0.676 e. The molecule has 1 aliphatic rings. The van der Waals surface area contributed by atoms with Crippen molar-refractivity contribution in [1.82, 2.24) is 9.88 Å². The van der Waals surface area contributed by atoms with Crippen LogP contribution in [0.4, 0.5) is 0 Å². The molecule has 2 heterocycles. The van der Waals surface area contributed by atoms with Crippen LogP contribution in [0, 0.1) is 31.1 Å². The smallest absolute Gasteiger partial charge is 0.355 e. The van der Waals surface area contributed by atoms with Crippen molar-refractivity contribution in [2.24, 2.45) is 0 Å². The van der Waals surface area contributed by atoms with Crippen molar-refractivity contribution < 1.29 is 45.8 Å². The fourth-order valence-corrected chi connectivity index (χ4v) is 3.77. The Balaban J connectivity index is 0.00000200. The number of likely N-dealkylation sites (tertiary alicyclic amines) is 1. The number of rotatable bonds is 6. The number of nitrogens with zero attached hydrogens (tertiary/aromatic N) is 2. The molecule has 0 aromatic carbocycles. The van der Waals surface area contributed by atoms with Gasteiger partial charge in [-0.3, -0.25) is 4.79 Å². The Morgan fingerprint density at radius 2 is 2.40 bits per heavy atom. The fraction of sp³-hybridized carbons (Fsp3) is 0.545. The number of hydrogen-bond donors (Lipinski definition) is 1. The van der Waals surface area contributed by atoms with Crippen molar-refractivity contribution in [3.63, 3.8) is 0 Å². The van der Waals surface area contributed by atoms with Gasteiger partial charge >= 0.3 is 5.97 Å². The zero-order valence-corrected chi connectivity index (χ0v) is 16.5. The molecule has 2 rings (SSSR count). The molecule has 6 nitrogen and oxygen atoms in total. The number of amides is 1. The second-order valence-electron chi connectivity index (χ2n) is 4.14. The molecule has 1 saturated heterocycles. The molecular formula is C11H14N3O3S2U-. The summed E-state index contributed by atoms with van der Waals surface area (Å²) in [4.78, 5) is 28.0. The Kier molecular flexibility index (Phi) is 7.55. The third-order valence-electron chi connectivity index (χ3n) is 2.95. The van der Waals surface area contributed by atoms with E-state index in [1.54, 1.807) is 4.90 Å². The number of carboxylic acids is 1. The molecule has 1 aromatic rings. The number of thioether (sulfide) groups is 1. The maximum atomic E-state index is 11.6. The van der Waals surface area contributed by atoms with Gasteiger partial charge in [0.2, 0.25) is 5.91 Å². The van der Waals surface area contributed by atoms with Crippen LogP contribution in [0.3, 0.4) is 0 Å². The van der Waals surface area contributed by atoms with Crippen LogP contribution >= 0.6 is 23.1 Å². The van der Waals surface area contributed by atoms with E-state index in [4.69, 9.17) is 10.8 Å². The SMILES string of the molecule is [NH-]C[C@H]1CCC(=O)N1CCSc1nc(C(=O)O)cs1.[U]. The van der Waals surface area contributed by atoms with E-state index in [1.165, 1.54) is 28.5 Å². The molecule has 0 unspecified atom stereocenters. The number of thiazole rings is 1. The maximum absolute atomic E-state index is 11.6. The van der Waals surface area contributed by atoms with E-state index in [2.05, 4.69) is 4.98 Å². The van der Waals surface area contributed by atoms with Crippen molar-refractivity contribution in [3.8, 4) is 0 Å². The van der Waals surface area contributed by atoms with Gasteiger partial charge < -0.3 is 15.7 Å². The van der Waals surface area contributed by atoms with Gasteiger partial charge in [0.1, 0.15) is 0 Å². The van der Waals surface area contributed by atoms with E-state index in [1.807, 2.05) is 0 Å². The Labute approximate surface area is 148 Å². The summed E-state index contributed by atoms with van der Waals surface area (Å²) in [7, 11) is 0. The van der Waals surface area contributed by atoms with E-state index in [0.717, 1.165) is 6.42 Å². The van der Waals surface area contributed by atoms with E-state index in [9.17, 15) is 9.59 Å². The first kappa shape index (κ1) is 18.0. The Morgan fingerprint density at radius 1 is 1.65 bits per heavy atom. The summed E-state index contributed by atoms with van der Waals surface area (Å²) in [5.41, 5.74) is 7.46. The maximum Gasteiger partial charge on any atom is 0.355 e. The number of carboxylic acid groups (broad SMARTS) is 1. The van der Waals surface area contributed by atoms with Crippen LogP contribution in [0.5, 0.6) is 0 Å². The second-order valence-corrected chi connectivity index (χ2v) is 6.34. The van der Waals surface area contributed by atoms with Crippen molar-refractivity contribution in [2.75, 3.05) is 18.8 Å². The van der Waals surface area contributed by atoms with Crippen LogP contribution in [0.25, 0.3) is 5.73 Å². The third-order valence-corrected chi connectivity index (χ3v) is 4.95. The summed E-state index contributed by atoms with van der Waals surface area (Å²) < 4.78 is 0.700. The number of aromatic nitrogens is 1. The first-order valence-electron chi connectivity index (χ1n) is 5.87. The number of carbonyl (C=O) groups is 2. The van der Waals surface area contributed by atoms with Crippen LogP contribution < -0.4 is 0 Å². The normalized spacial score (nSPS) is 18.1. The molecule has 0 aliphatic carbocycles. The van der Waals surface area contributed by atoms with Gasteiger partial charge in [-0.2, -0.15) is 0 Å². The summed E-state index contributed by atoms with van der Waals surface area (Å²) >= 11 is 2.75. The zero-order chi connectivity index (χ0) is 13.8. The third kappa shape index (κ3) is 4.47. The largest absolute Gasteiger partial charge is 0.676 e. The van der Waals surface area contributed by atoms with Gasteiger partial charge in [0.05, 0.1) is 0 Å². The molecule has 1 atom stereocenters. The predicted molar refractivity (Wildman–Crippen MR) is 73.7 cm³/mol. The average Bonchev–Trinajstić information content (AvgIpc) is 2.98. The Bertz CT molecular complexity index is 483. The van der Waals surface area contributed by atoms with Gasteiger partial charge in [0.25, 0.3) is 0 Å². The standard InChI is InChI=1S/C11H14N3O3S2.U/c12-5-7-1-2-9(15)14(7)3-4-18-11-13-8(6-19-11)10(16)17;/h6-7,12H,1-5H2,(H,16,17);/q-1;/t7-;/m1./s1. The van der Waals surface area contributed by atoms with Gasteiger partial charge in [0, 0.05) is 61.3 Å². The molecule has 0 bridgehead atoms. The quantitative estimate of drug-likeness (QED) is 0.560. The van der Waals surface area contributed by atoms with Crippen molar-refractivity contribution in [2.45, 2.75) is 23.2 Å². The van der Waals surface area contributed by atoms with Crippen molar-refractivity contribution in [1.29, 1.82) is 0 Å². The molecule has 2 N–H and O–H groups in total. The van der Waals surface area contributed by atoms with Crippen molar-refractivity contribution >= 4 is 35.0 Å². The molecule has 108 valence electrons. The van der Waals surface area contributed by atoms with Crippen LogP contribution in [-0.4, -0.2) is 51.8 Å². The van der Waals surface area contributed by atoms with Crippen LogP contribution in [0.15, 0.2) is 9.72 Å². The summed E-state index contributed by atoms with van der Waals surface area (Å²) in [6.07, 6.45) is 1.31. The predicted octanol–water partition coefficient (Wildman–Crippen LogP) is 1.98. The summed E-state index contributed by atoms with van der Waals surface area (Å²) in [6.45, 7) is 0.839. The van der Waals surface area contributed by atoms with E-state index < -0.39 is 5.97 Å². The second kappa shape index (κ2) is 8.39. The number of carbonyl (C=O) groups excluding carboxylic acids is 1. The monoisotopic (exact) mass is 538 g/mol. The van der Waals surface area contributed by atoms with Crippen LogP contribution in [0.1, 0.15) is 23.3 Å². The molecule has 0 spiro atoms. The van der Waals surface area contributed by atoms with Gasteiger partial charge in [-0.1, -0.05) is 11.8 Å². The van der Waals surface area contributed by atoms with Crippen LogP contribution in [-0.2, 0) is 4.79 Å². The van der Waals surface area contributed by atoms with E-state index in [0.29, 0.717) is 23.1 Å². The molecular weight excluding hydrogens is 524 g/mol. The van der Waals surface area contributed by atoms with Crippen LogP contribution in [0.2, 0.25) is 0 Å². The zero-order valence-electron chi connectivity index (χ0n) is 10.7. The molecule has 1 aliphatic heterocycles. The van der Waals surface area contributed by atoms with Gasteiger partial charge in [-0.05, 0) is 6.42 Å². The molecule has 1 fully saturated rings. The molecule has 0 saturated carbocycles. The molecule has 20 heavy (non-hydrogen) atoms. The molecule has 0 radical (unpaired) electrons. The number of nitrogens with one attached hydrogen (secondary N) is 1. The first-order chi connectivity index (χ1) is 9.11. The molecule has 9 heteroatoms. The van der Waals surface area contributed by atoms with E-state index in [-0.39, 0.29) is 55.3 Å². The summed E-state index contributed by atoms with van der Waals surface area (Å²) in [5, 5.41) is 10.3. The Hall–Kier alpha value is -0.0681. The van der Waals surface area contributed by atoms with Crippen molar-refractivity contribution in [3.05, 3.63) is 16.8 Å². The van der Waals surface area contributed by atoms with Gasteiger partial charge in [-0.25, -0.2) is 9.78 Å². The van der Waals surface area contributed by atoms with Gasteiger partial charge in [0.15, 0.2) is 10.0 Å². The first-order valence-corrected chi connectivity index (χ1v) is 7.74. The van der Waals surface area contributed by atoms with Gasteiger partial charge in [-0.15, -0.1) is 17.9 Å². The number of aromatic carboxylic acids is 1. The molecule has 1 amide bonds. The summed E-state index contributed by atoms with van der Waals surface area (Å²) in [5.74, 6) is -0.232. The summed E-state index contributed by atoms with van der Waals surface area (Å²) in [6, 6.07) is 0.0407. The fourth-order valence-electron chi connectivity index (χ4n) is 1.97. The Morgan fingerprint density at radius 3 is 3.00 bits per heavy atom.